The standard InChI is InChI=1S/C9H13N3/c1-2-8-9-10-3-5-12(9)7-6-11(8)4-1/h1-2,4,9-10H,3,5-7H2. The molecule has 64 valence electrons. The van der Waals surface area contributed by atoms with Crippen molar-refractivity contribution in [2.24, 2.45) is 0 Å². The van der Waals surface area contributed by atoms with Gasteiger partial charge in [0.15, 0.2) is 0 Å². The number of hydrogen-bond acceptors (Lipinski definition) is 2. The largest absolute Gasteiger partial charge is 0.348 e. The van der Waals surface area contributed by atoms with Crippen molar-refractivity contribution in [3.05, 3.63) is 24.0 Å². The summed E-state index contributed by atoms with van der Waals surface area (Å²) in [6.07, 6.45) is 2.67. The fourth-order valence-electron chi connectivity index (χ4n) is 2.25. The summed E-state index contributed by atoms with van der Waals surface area (Å²) in [6, 6.07) is 4.36. The molecule has 1 aromatic heterocycles. The third kappa shape index (κ3) is 0.778. The van der Waals surface area contributed by atoms with Crippen LogP contribution >= 0.6 is 0 Å². The molecule has 0 aliphatic carbocycles. The molecule has 0 aromatic carbocycles. The van der Waals surface area contributed by atoms with Crippen molar-refractivity contribution in [1.82, 2.24) is 14.8 Å². The molecule has 3 heteroatoms. The predicted molar refractivity (Wildman–Crippen MR) is 46.7 cm³/mol. The van der Waals surface area contributed by atoms with Crippen LogP contribution in [0, 0.1) is 0 Å². The van der Waals surface area contributed by atoms with Gasteiger partial charge in [0, 0.05) is 38.1 Å². The molecular weight excluding hydrogens is 150 g/mol. The molecule has 3 rings (SSSR count). The van der Waals surface area contributed by atoms with Crippen LogP contribution in [0.5, 0.6) is 0 Å². The maximum atomic E-state index is 3.51. The molecule has 3 heterocycles. The van der Waals surface area contributed by atoms with Crippen molar-refractivity contribution in [2.45, 2.75) is 12.7 Å². The summed E-state index contributed by atoms with van der Waals surface area (Å²) < 4.78 is 2.35. The van der Waals surface area contributed by atoms with Crippen LogP contribution in [0.25, 0.3) is 0 Å². The van der Waals surface area contributed by atoms with E-state index in [1.807, 2.05) is 0 Å². The van der Waals surface area contributed by atoms with Gasteiger partial charge in [-0.05, 0) is 12.1 Å². The predicted octanol–water partition coefficient (Wildman–Crippen LogP) is 0.406. The van der Waals surface area contributed by atoms with Crippen molar-refractivity contribution >= 4 is 0 Å². The fourth-order valence-corrected chi connectivity index (χ4v) is 2.25. The van der Waals surface area contributed by atoms with Crippen LogP contribution in [0.3, 0.4) is 0 Å². The first-order chi connectivity index (χ1) is 5.95. The van der Waals surface area contributed by atoms with Crippen LogP contribution in [-0.2, 0) is 6.54 Å². The van der Waals surface area contributed by atoms with Gasteiger partial charge < -0.3 is 4.57 Å². The molecule has 0 saturated carbocycles. The molecular formula is C9H13N3. The van der Waals surface area contributed by atoms with Crippen molar-refractivity contribution in [3.63, 3.8) is 0 Å². The molecule has 3 nitrogen and oxygen atoms in total. The van der Waals surface area contributed by atoms with E-state index in [2.05, 4.69) is 33.1 Å². The summed E-state index contributed by atoms with van der Waals surface area (Å²) >= 11 is 0. The van der Waals surface area contributed by atoms with E-state index in [0.717, 1.165) is 13.1 Å². The molecule has 2 aliphatic heterocycles. The Balaban J connectivity index is 2.04. The maximum Gasteiger partial charge on any atom is 0.102 e. The Morgan fingerprint density at radius 1 is 1.33 bits per heavy atom. The van der Waals surface area contributed by atoms with Gasteiger partial charge in [-0.2, -0.15) is 0 Å². The van der Waals surface area contributed by atoms with Crippen LogP contribution in [-0.4, -0.2) is 29.1 Å². The van der Waals surface area contributed by atoms with Crippen LogP contribution in [0.1, 0.15) is 11.9 Å². The number of fused-ring (bicyclic) bond motifs is 3. The highest BCUT2D eigenvalue weighted by Crippen LogP contribution is 2.25. The Hall–Kier alpha value is -0.800. The highest BCUT2D eigenvalue weighted by Gasteiger charge is 2.30. The van der Waals surface area contributed by atoms with Gasteiger partial charge in [0.25, 0.3) is 0 Å². The van der Waals surface area contributed by atoms with Gasteiger partial charge >= 0.3 is 0 Å². The Labute approximate surface area is 72.0 Å². The van der Waals surface area contributed by atoms with Crippen LogP contribution in [0.4, 0.5) is 0 Å². The van der Waals surface area contributed by atoms with Gasteiger partial charge in [-0.25, -0.2) is 0 Å². The normalized spacial score (nSPS) is 28.5. The van der Waals surface area contributed by atoms with E-state index in [4.69, 9.17) is 0 Å². The SMILES string of the molecule is c1cc2n(c1)CCN1CCNC21. The number of nitrogens with zero attached hydrogens (tertiary/aromatic N) is 2. The zero-order chi connectivity index (χ0) is 7.97. The van der Waals surface area contributed by atoms with Gasteiger partial charge in [0.05, 0.1) is 0 Å². The second kappa shape index (κ2) is 2.34. The molecule has 1 saturated heterocycles. The molecule has 0 bridgehead atoms. The summed E-state index contributed by atoms with van der Waals surface area (Å²) in [6.45, 7) is 4.69. The molecule has 1 aromatic rings. The minimum atomic E-state index is 0.494. The first kappa shape index (κ1) is 6.69. The number of nitrogens with one attached hydrogen (secondary N) is 1. The second-order valence-electron chi connectivity index (χ2n) is 3.52. The van der Waals surface area contributed by atoms with Gasteiger partial charge in [-0.3, -0.25) is 10.2 Å². The van der Waals surface area contributed by atoms with E-state index in [1.54, 1.807) is 0 Å². The molecule has 1 unspecified atom stereocenters. The van der Waals surface area contributed by atoms with Crippen LogP contribution in [0.2, 0.25) is 0 Å². The zero-order valence-electron chi connectivity index (χ0n) is 7.03. The Kier molecular flexibility index (Phi) is 1.31. The number of hydrogen-bond donors (Lipinski definition) is 1. The minimum Gasteiger partial charge on any atom is -0.348 e. The van der Waals surface area contributed by atoms with Crippen molar-refractivity contribution < 1.29 is 0 Å². The average Bonchev–Trinajstić information content (AvgIpc) is 2.71. The highest BCUT2D eigenvalue weighted by molar-refractivity contribution is 5.15. The van der Waals surface area contributed by atoms with Crippen molar-refractivity contribution in [1.29, 1.82) is 0 Å². The highest BCUT2D eigenvalue weighted by atomic mass is 15.4. The molecule has 0 amide bonds. The zero-order valence-corrected chi connectivity index (χ0v) is 7.03. The van der Waals surface area contributed by atoms with Gasteiger partial charge in [0.1, 0.15) is 6.17 Å². The number of rotatable bonds is 0. The molecule has 0 radical (unpaired) electrons. The molecule has 12 heavy (non-hydrogen) atoms. The molecule has 0 spiro atoms. The van der Waals surface area contributed by atoms with Crippen molar-refractivity contribution in [2.75, 3.05) is 19.6 Å². The lowest BCUT2D eigenvalue weighted by Gasteiger charge is -2.30. The molecule has 2 aliphatic rings. The maximum absolute atomic E-state index is 3.51. The lowest BCUT2D eigenvalue weighted by Crippen LogP contribution is -2.36. The molecule has 1 N–H and O–H groups in total. The average molecular weight is 163 g/mol. The van der Waals surface area contributed by atoms with Gasteiger partial charge in [-0.1, -0.05) is 0 Å². The third-order valence-electron chi connectivity index (χ3n) is 2.87. The summed E-state index contributed by atoms with van der Waals surface area (Å²) in [7, 11) is 0. The second-order valence-corrected chi connectivity index (χ2v) is 3.52. The smallest absolute Gasteiger partial charge is 0.102 e. The van der Waals surface area contributed by atoms with Crippen LogP contribution < -0.4 is 5.32 Å². The van der Waals surface area contributed by atoms with E-state index >= 15 is 0 Å². The monoisotopic (exact) mass is 163 g/mol. The van der Waals surface area contributed by atoms with E-state index < -0.39 is 0 Å². The lowest BCUT2D eigenvalue weighted by atomic mass is 10.2. The first-order valence-corrected chi connectivity index (χ1v) is 4.57. The first-order valence-electron chi connectivity index (χ1n) is 4.57. The third-order valence-corrected chi connectivity index (χ3v) is 2.87. The minimum absolute atomic E-state index is 0.494. The Bertz CT molecular complexity index is 292. The fraction of sp³-hybridized carbons (Fsp3) is 0.556. The van der Waals surface area contributed by atoms with E-state index in [0.29, 0.717) is 6.17 Å². The Morgan fingerprint density at radius 2 is 2.33 bits per heavy atom. The summed E-state index contributed by atoms with van der Waals surface area (Å²) in [5, 5.41) is 3.51. The molecule has 1 atom stereocenters. The van der Waals surface area contributed by atoms with Gasteiger partial charge in [-0.15, -0.1) is 0 Å². The van der Waals surface area contributed by atoms with Crippen molar-refractivity contribution in [3.8, 4) is 0 Å². The van der Waals surface area contributed by atoms with E-state index in [9.17, 15) is 0 Å². The van der Waals surface area contributed by atoms with E-state index in [1.165, 1.54) is 18.8 Å². The van der Waals surface area contributed by atoms with Gasteiger partial charge in [0.2, 0.25) is 0 Å². The summed E-state index contributed by atoms with van der Waals surface area (Å²) in [5.41, 5.74) is 1.43. The topological polar surface area (TPSA) is 20.2 Å². The van der Waals surface area contributed by atoms with E-state index in [-0.39, 0.29) is 0 Å². The van der Waals surface area contributed by atoms with Crippen LogP contribution in [0.15, 0.2) is 18.3 Å². The summed E-state index contributed by atoms with van der Waals surface area (Å²) in [4.78, 5) is 2.51. The molecule has 1 fully saturated rings. The Morgan fingerprint density at radius 3 is 3.33 bits per heavy atom. The quantitative estimate of drug-likeness (QED) is 0.597. The number of aromatic nitrogens is 1. The summed E-state index contributed by atoms with van der Waals surface area (Å²) in [5.74, 6) is 0. The lowest BCUT2D eigenvalue weighted by molar-refractivity contribution is 0.197.